The Balaban J connectivity index is 2.20. The Hall–Kier alpha value is -2.16. The molecule has 0 spiro atoms. The van der Waals surface area contributed by atoms with Crippen LogP contribution in [0, 0.1) is 10.1 Å². The third kappa shape index (κ3) is 3.69. The molecule has 0 unspecified atom stereocenters. The van der Waals surface area contributed by atoms with E-state index in [0.29, 0.717) is 16.4 Å². The number of rotatable bonds is 3. The van der Waals surface area contributed by atoms with E-state index in [4.69, 9.17) is 0 Å². The summed E-state index contributed by atoms with van der Waals surface area (Å²) in [5, 5.41) is 13.4. The Morgan fingerprint density at radius 2 is 1.95 bits per heavy atom. The molecule has 5 nitrogen and oxygen atoms in total. The fourth-order valence-electron chi connectivity index (χ4n) is 1.49. The zero-order chi connectivity index (χ0) is 15.6. The summed E-state index contributed by atoms with van der Waals surface area (Å²) in [7, 11) is 0. The summed E-state index contributed by atoms with van der Waals surface area (Å²) in [5.41, 5.74) is -0.503. The molecule has 0 atom stereocenters. The highest BCUT2D eigenvalue weighted by Gasteiger charge is 2.30. The minimum atomic E-state index is -4.44. The van der Waals surface area contributed by atoms with E-state index in [-0.39, 0.29) is 11.5 Å². The van der Waals surface area contributed by atoms with Gasteiger partial charge in [0.1, 0.15) is 5.82 Å². The lowest BCUT2D eigenvalue weighted by atomic mass is 10.2. The number of anilines is 2. The predicted molar refractivity (Wildman–Crippen MR) is 73.3 cm³/mol. The van der Waals surface area contributed by atoms with Gasteiger partial charge in [0.05, 0.1) is 16.2 Å². The lowest BCUT2D eigenvalue weighted by Gasteiger charge is -2.09. The number of nitrogens with one attached hydrogen (secondary N) is 1. The number of non-ortho nitro benzene ring substituents is 1. The number of nitro groups is 1. The first-order valence-electron chi connectivity index (χ1n) is 5.51. The molecule has 0 aliphatic rings. The highest BCUT2D eigenvalue weighted by atomic mass is 79.9. The summed E-state index contributed by atoms with van der Waals surface area (Å²) in [6.07, 6.45) is -3.74. The molecule has 0 aliphatic heterocycles. The number of alkyl halides is 3. The Bertz CT molecular complexity index is 674. The lowest BCUT2D eigenvalue weighted by Crippen LogP contribution is -2.05. The van der Waals surface area contributed by atoms with Gasteiger partial charge in [-0.05, 0) is 34.1 Å². The van der Waals surface area contributed by atoms with Gasteiger partial charge < -0.3 is 5.32 Å². The number of nitrogens with zero attached hydrogens (tertiary/aromatic N) is 2. The zero-order valence-electron chi connectivity index (χ0n) is 10.2. The monoisotopic (exact) mass is 361 g/mol. The van der Waals surface area contributed by atoms with Crippen molar-refractivity contribution in [1.82, 2.24) is 4.98 Å². The SMILES string of the molecule is O=[N+]([O-])c1ccc(Nc2ccc(C(F)(F)F)cn2)c(Br)c1. The zero-order valence-corrected chi connectivity index (χ0v) is 11.8. The highest BCUT2D eigenvalue weighted by molar-refractivity contribution is 9.10. The van der Waals surface area contributed by atoms with Crippen LogP contribution in [0.5, 0.6) is 0 Å². The molecule has 0 bridgehead atoms. The summed E-state index contributed by atoms with van der Waals surface area (Å²) >= 11 is 3.14. The smallest absolute Gasteiger partial charge is 0.339 e. The number of hydrogen-bond acceptors (Lipinski definition) is 4. The van der Waals surface area contributed by atoms with Gasteiger partial charge in [0, 0.05) is 22.8 Å². The standard InChI is InChI=1S/C12H7BrF3N3O2/c13-9-5-8(19(20)21)2-3-10(9)18-11-4-1-7(6-17-11)12(14,15)16/h1-6H,(H,17,18). The average molecular weight is 362 g/mol. The first-order valence-corrected chi connectivity index (χ1v) is 6.31. The Morgan fingerprint density at radius 1 is 1.24 bits per heavy atom. The van der Waals surface area contributed by atoms with Crippen molar-refractivity contribution in [1.29, 1.82) is 0 Å². The number of nitro benzene ring substituents is 1. The van der Waals surface area contributed by atoms with Gasteiger partial charge in [0.25, 0.3) is 5.69 Å². The number of hydrogen-bond donors (Lipinski definition) is 1. The van der Waals surface area contributed by atoms with E-state index in [1.165, 1.54) is 24.3 Å². The van der Waals surface area contributed by atoms with Gasteiger partial charge in [-0.1, -0.05) is 0 Å². The summed E-state index contributed by atoms with van der Waals surface area (Å²) in [5.74, 6) is 0.192. The van der Waals surface area contributed by atoms with Crippen LogP contribution in [-0.2, 0) is 6.18 Å². The van der Waals surface area contributed by atoms with Crippen LogP contribution in [0.4, 0.5) is 30.4 Å². The van der Waals surface area contributed by atoms with Crippen LogP contribution in [0.15, 0.2) is 41.0 Å². The van der Waals surface area contributed by atoms with Gasteiger partial charge in [-0.15, -0.1) is 0 Å². The molecule has 0 saturated carbocycles. The van der Waals surface area contributed by atoms with Gasteiger partial charge in [-0.2, -0.15) is 13.2 Å². The fraction of sp³-hybridized carbons (Fsp3) is 0.0833. The van der Waals surface area contributed by atoms with Crippen LogP contribution in [0.3, 0.4) is 0 Å². The number of aromatic nitrogens is 1. The van der Waals surface area contributed by atoms with Crippen LogP contribution >= 0.6 is 15.9 Å². The topological polar surface area (TPSA) is 68.1 Å². The molecular formula is C12H7BrF3N3O2. The molecule has 1 aromatic heterocycles. The molecule has 0 radical (unpaired) electrons. The van der Waals surface area contributed by atoms with E-state index in [2.05, 4.69) is 26.2 Å². The van der Waals surface area contributed by atoms with Crippen molar-refractivity contribution in [2.75, 3.05) is 5.32 Å². The predicted octanol–water partition coefficient (Wildman–Crippen LogP) is 4.51. The maximum Gasteiger partial charge on any atom is 0.417 e. The van der Waals surface area contributed by atoms with E-state index < -0.39 is 16.7 Å². The second-order valence-electron chi connectivity index (χ2n) is 3.98. The van der Waals surface area contributed by atoms with Crippen molar-refractivity contribution in [2.24, 2.45) is 0 Å². The molecule has 21 heavy (non-hydrogen) atoms. The molecule has 1 heterocycles. The van der Waals surface area contributed by atoms with Crippen molar-refractivity contribution < 1.29 is 18.1 Å². The highest BCUT2D eigenvalue weighted by Crippen LogP contribution is 2.31. The fourth-order valence-corrected chi connectivity index (χ4v) is 1.96. The summed E-state index contributed by atoms with van der Waals surface area (Å²) in [4.78, 5) is 13.7. The molecule has 2 aromatic rings. The van der Waals surface area contributed by atoms with E-state index in [9.17, 15) is 23.3 Å². The Kier molecular flexibility index (Phi) is 4.12. The van der Waals surface area contributed by atoms with Gasteiger partial charge >= 0.3 is 6.18 Å². The lowest BCUT2D eigenvalue weighted by molar-refractivity contribution is -0.384. The van der Waals surface area contributed by atoms with Crippen LogP contribution in [0.1, 0.15) is 5.56 Å². The van der Waals surface area contributed by atoms with E-state index in [0.717, 1.165) is 6.07 Å². The molecule has 0 amide bonds. The van der Waals surface area contributed by atoms with E-state index in [1.807, 2.05) is 0 Å². The van der Waals surface area contributed by atoms with Crippen LogP contribution in [0.2, 0.25) is 0 Å². The number of halogens is 4. The van der Waals surface area contributed by atoms with Gasteiger partial charge in [0.15, 0.2) is 0 Å². The van der Waals surface area contributed by atoms with Crippen molar-refractivity contribution in [3.63, 3.8) is 0 Å². The third-order valence-electron chi connectivity index (χ3n) is 2.52. The van der Waals surface area contributed by atoms with Gasteiger partial charge in [0.2, 0.25) is 0 Å². The van der Waals surface area contributed by atoms with Crippen molar-refractivity contribution in [3.8, 4) is 0 Å². The molecule has 2 rings (SSSR count). The number of pyridine rings is 1. The summed E-state index contributed by atoms with van der Waals surface area (Å²) in [6.45, 7) is 0. The summed E-state index contributed by atoms with van der Waals surface area (Å²) in [6, 6.07) is 6.07. The number of benzene rings is 1. The minimum absolute atomic E-state index is 0.104. The first kappa shape index (κ1) is 15.2. The molecule has 0 fully saturated rings. The molecule has 0 aliphatic carbocycles. The average Bonchev–Trinajstić information content (AvgIpc) is 2.40. The maximum absolute atomic E-state index is 12.4. The van der Waals surface area contributed by atoms with Crippen molar-refractivity contribution in [3.05, 3.63) is 56.7 Å². The van der Waals surface area contributed by atoms with Crippen molar-refractivity contribution >= 4 is 33.1 Å². The van der Waals surface area contributed by atoms with Crippen LogP contribution in [0.25, 0.3) is 0 Å². The van der Waals surface area contributed by atoms with E-state index >= 15 is 0 Å². The van der Waals surface area contributed by atoms with E-state index in [1.54, 1.807) is 0 Å². The van der Waals surface area contributed by atoms with Gasteiger partial charge in [-0.25, -0.2) is 4.98 Å². The third-order valence-corrected chi connectivity index (χ3v) is 3.17. The molecule has 9 heteroatoms. The first-order chi connectivity index (χ1) is 9.77. The normalized spacial score (nSPS) is 11.2. The molecule has 110 valence electrons. The summed E-state index contributed by atoms with van der Waals surface area (Å²) < 4.78 is 37.6. The minimum Gasteiger partial charge on any atom is -0.339 e. The van der Waals surface area contributed by atoms with Crippen LogP contribution < -0.4 is 5.32 Å². The molecule has 1 aromatic carbocycles. The Labute approximate surface area is 125 Å². The molecule has 1 N–H and O–H groups in total. The Morgan fingerprint density at radius 3 is 2.43 bits per heavy atom. The van der Waals surface area contributed by atoms with Gasteiger partial charge in [-0.3, -0.25) is 10.1 Å². The second-order valence-corrected chi connectivity index (χ2v) is 4.83. The second kappa shape index (κ2) is 5.68. The molecule has 0 saturated heterocycles. The van der Waals surface area contributed by atoms with Crippen LogP contribution in [-0.4, -0.2) is 9.91 Å². The molecular weight excluding hydrogens is 355 g/mol. The largest absolute Gasteiger partial charge is 0.417 e. The quantitative estimate of drug-likeness (QED) is 0.644. The van der Waals surface area contributed by atoms with Crippen molar-refractivity contribution in [2.45, 2.75) is 6.18 Å². The maximum atomic E-state index is 12.4.